The van der Waals surface area contributed by atoms with Gasteiger partial charge in [-0.15, -0.1) is 0 Å². The molecule has 0 fully saturated rings. The SMILES string of the molecule is COc1cc(C(C)C)c2c(=O)[nH]c(N3CCc4nc(CN)ccc4C3)nc2c1. The number of hydrogen-bond acceptors (Lipinski definition) is 6. The van der Waals surface area contributed by atoms with Crippen LogP contribution < -0.4 is 20.9 Å². The van der Waals surface area contributed by atoms with Crippen LogP contribution in [0.15, 0.2) is 29.1 Å². The predicted molar refractivity (Wildman–Crippen MR) is 110 cm³/mol. The lowest BCUT2D eigenvalue weighted by molar-refractivity contribution is 0.414. The van der Waals surface area contributed by atoms with Gasteiger partial charge in [-0.25, -0.2) is 4.98 Å². The van der Waals surface area contributed by atoms with E-state index in [1.54, 1.807) is 7.11 Å². The molecule has 146 valence electrons. The summed E-state index contributed by atoms with van der Waals surface area (Å²) in [5, 5.41) is 0.631. The predicted octanol–water partition coefficient (Wildman–Crippen LogP) is 2.47. The lowest BCUT2D eigenvalue weighted by Crippen LogP contribution is -2.34. The summed E-state index contributed by atoms with van der Waals surface area (Å²) in [6.45, 7) is 5.96. The molecule has 0 unspecified atom stereocenters. The maximum absolute atomic E-state index is 12.9. The minimum Gasteiger partial charge on any atom is -0.497 e. The zero-order chi connectivity index (χ0) is 19.8. The Morgan fingerprint density at radius 1 is 1.29 bits per heavy atom. The van der Waals surface area contributed by atoms with Crippen molar-refractivity contribution < 1.29 is 4.74 Å². The number of aromatic amines is 1. The van der Waals surface area contributed by atoms with Crippen LogP contribution in [0.3, 0.4) is 0 Å². The summed E-state index contributed by atoms with van der Waals surface area (Å²) in [7, 11) is 1.63. The molecule has 1 aliphatic heterocycles. The zero-order valence-corrected chi connectivity index (χ0v) is 16.5. The lowest BCUT2D eigenvalue weighted by atomic mass is 9.98. The Morgan fingerprint density at radius 2 is 2.11 bits per heavy atom. The van der Waals surface area contributed by atoms with Crippen LogP contribution in [-0.2, 0) is 19.5 Å². The van der Waals surface area contributed by atoms with E-state index in [2.05, 4.69) is 34.8 Å². The van der Waals surface area contributed by atoms with Gasteiger partial charge in [-0.05, 0) is 29.2 Å². The summed E-state index contributed by atoms with van der Waals surface area (Å²) in [5.41, 5.74) is 10.3. The molecule has 0 saturated heterocycles. The molecular formula is C21H25N5O2. The van der Waals surface area contributed by atoms with E-state index in [-0.39, 0.29) is 11.5 Å². The summed E-state index contributed by atoms with van der Waals surface area (Å²) >= 11 is 0. The van der Waals surface area contributed by atoms with Crippen molar-refractivity contribution in [1.82, 2.24) is 15.0 Å². The van der Waals surface area contributed by atoms with Crippen LogP contribution in [0.4, 0.5) is 5.95 Å². The average molecular weight is 379 g/mol. The van der Waals surface area contributed by atoms with Gasteiger partial charge >= 0.3 is 0 Å². The number of aromatic nitrogens is 3. The molecule has 3 heterocycles. The molecule has 3 N–H and O–H groups in total. The van der Waals surface area contributed by atoms with Crippen LogP contribution in [0, 0.1) is 0 Å². The van der Waals surface area contributed by atoms with Crippen molar-refractivity contribution in [3.8, 4) is 5.75 Å². The van der Waals surface area contributed by atoms with Crippen LogP contribution in [0.5, 0.6) is 5.75 Å². The highest BCUT2D eigenvalue weighted by atomic mass is 16.5. The van der Waals surface area contributed by atoms with Gasteiger partial charge in [0.15, 0.2) is 0 Å². The number of H-pyrrole nitrogens is 1. The second kappa shape index (κ2) is 7.24. The fourth-order valence-electron chi connectivity index (χ4n) is 3.74. The maximum atomic E-state index is 12.9. The van der Waals surface area contributed by atoms with Crippen molar-refractivity contribution in [1.29, 1.82) is 0 Å². The Morgan fingerprint density at radius 3 is 2.82 bits per heavy atom. The third kappa shape index (κ3) is 3.22. The minimum atomic E-state index is -0.117. The molecule has 0 aliphatic carbocycles. The van der Waals surface area contributed by atoms with E-state index < -0.39 is 0 Å². The molecule has 28 heavy (non-hydrogen) atoms. The zero-order valence-electron chi connectivity index (χ0n) is 16.5. The summed E-state index contributed by atoms with van der Waals surface area (Å²) in [6.07, 6.45) is 0.792. The van der Waals surface area contributed by atoms with E-state index in [0.29, 0.717) is 35.7 Å². The number of methoxy groups -OCH3 is 1. The van der Waals surface area contributed by atoms with E-state index >= 15 is 0 Å². The molecule has 2 aromatic heterocycles. The highest BCUT2D eigenvalue weighted by Crippen LogP contribution is 2.29. The number of pyridine rings is 1. The van der Waals surface area contributed by atoms with Crippen molar-refractivity contribution in [3.05, 3.63) is 57.1 Å². The standard InChI is InChI=1S/C21H25N5O2/c1-12(2)16-8-15(28-3)9-18-19(16)20(27)25-21(24-18)26-7-6-17-13(11-26)4-5-14(10-22)23-17/h4-5,8-9,12H,6-7,10-11,22H2,1-3H3,(H,24,25,27). The van der Waals surface area contributed by atoms with Gasteiger partial charge in [-0.1, -0.05) is 19.9 Å². The van der Waals surface area contributed by atoms with Crippen LogP contribution in [0.2, 0.25) is 0 Å². The summed E-state index contributed by atoms with van der Waals surface area (Å²) in [6, 6.07) is 7.77. The first-order chi connectivity index (χ1) is 13.5. The van der Waals surface area contributed by atoms with E-state index in [9.17, 15) is 4.79 Å². The number of nitrogens with two attached hydrogens (primary N) is 1. The second-order valence-corrected chi connectivity index (χ2v) is 7.44. The Hall–Kier alpha value is -2.93. The average Bonchev–Trinajstić information content (AvgIpc) is 2.71. The summed E-state index contributed by atoms with van der Waals surface area (Å²) in [4.78, 5) is 27.4. The first-order valence-corrected chi connectivity index (χ1v) is 9.54. The van der Waals surface area contributed by atoms with Crippen molar-refractivity contribution >= 4 is 16.9 Å². The normalized spacial score (nSPS) is 13.8. The Bertz CT molecular complexity index is 1090. The number of ether oxygens (including phenoxy) is 1. The number of anilines is 1. The molecule has 3 aromatic rings. The number of benzene rings is 1. The lowest BCUT2D eigenvalue weighted by Gasteiger charge is -2.29. The van der Waals surface area contributed by atoms with Gasteiger partial charge < -0.3 is 15.4 Å². The molecular weight excluding hydrogens is 354 g/mol. The van der Waals surface area contributed by atoms with E-state index in [4.69, 9.17) is 15.5 Å². The van der Waals surface area contributed by atoms with Gasteiger partial charge in [-0.3, -0.25) is 14.8 Å². The molecule has 0 bridgehead atoms. The number of nitrogens with zero attached hydrogens (tertiary/aromatic N) is 3. The van der Waals surface area contributed by atoms with Gasteiger partial charge in [0.1, 0.15) is 5.75 Å². The first kappa shape index (κ1) is 18.4. The Kier molecular flexibility index (Phi) is 4.77. The van der Waals surface area contributed by atoms with Crippen LogP contribution >= 0.6 is 0 Å². The van der Waals surface area contributed by atoms with Gasteiger partial charge in [0.25, 0.3) is 5.56 Å². The molecule has 0 radical (unpaired) electrons. The van der Waals surface area contributed by atoms with Crippen molar-refractivity contribution in [2.45, 2.75) is 39.3 Å². The first-order valence-electron chi connectivity index (χ1n) is 9.54. The fourth-order valence-corrected chi connectivity index (χ4v) is 3.74. The number of fused-ring (bicyclic) bond motifs is 2. The molecule has 1 aromatic carbocycles. The quantitative estimate of drug-likeness (QED) is 0.723. The maximum Gasteiger partial charge on any atom is 0.260 e. The third-order valence-electron chi connectivity index (χ3n) is 5.27. The summed E-state index contributed by atoms with van der Waals surface area (Å²) < 4.78 is 5.42. The van der Waals surface area contributed by atoms with Crippen LogP contribution in [0.1, 0.15) is 42.3 Å². The molecule has 0 spiro atoms. The van der Waals surface area contributed by atoms with Crippen LogP contribution in [0.25, 0.3) is 10.9 Å². The van der Waals surface area contributed by atoms with E-state index in [1.807, 2.05) is 18.2 Å². The monoisotopic (exact) mass is 379 g/mol. The molecule has 7 heteroatoms. The summed E-state index contributed by atoms with van der Waals surface area (Å²) in [5.74, 6) is 1.48. The highest BCUT2D eigenvalue weighted by molar-refractivity contribution is 5.84. The van der Waals surface area contributed by atoms with Gasteiger partial charge in [0.2, 0.25) is 5.95 Å². The molecule has 0 amide bonds. The topological polar surface area (TPSA) is 97.1 Å². The third-order valence-corrected chi connectivity index (χ3v) is 5.27. The highest BCUT2D eigenvalue weighted by Gasteiger charge is 2.21. The minimum absolute atomic E-state index is 0.117. The van der Waals surface area contributed by atoms with Gasteiger partial charge in [0.05, 0.1) is 23.7 Å². The molecule has 7 nitrogen and oxygen atoms in total. The number of rotatable bonds is 4. The van der Waals surface area contributed by atoms with Crippen molar-refractivity contribution in [3.63, 3.8) is 0 Å². The van der Waals surface area contributed by atoms with Crippen LogP contribution in [-0.4, -0.2) is 28.6 Å². The van der Waals surface area contributed by atoms with Crippen molar-refractivity contribution in [2.75, 3.05) is 18.6 Å². The van der Waals surface area contributed by atoms with E-state index in [0.717, 1.165) is 35.5 Å². The molecule has 0 atom stereocenters. The second-order valence-electron chi connectivity index (χ2n) is 7.44. The number of hydrogen-bond donors (Lipinski definition) is 2. The van der Waals surface area contributed by atoms with Crippen molar-refractivity contribution in [2.24, 2.45) is 5.73 Å². The smallest absolute Gasteiger partial charge is 0.260 e. The van der Waals surface area contributed by atoms with E-state index in [1.165, 1.54) is 0 Å². The molecule has 0 saturated carbocycles. The number of nitrogens with one attached hydrogen (secondary N) is 1. The van der Waals surface area contributed by atoms with Gasteiger partial charge in [-0.2, -0.15) is 0 Å². The molecule has 1 aliphatic rings. The largest absolute Gasteiger partial charge is 0.497 e. The Balaban J connectivity index is 1.76. The molecule has 4 rings (SSSR count). The van der Waals surface area contributed by atoms with Gasteiger partial charge in [0, 0.05) is 37.8 Å². The fraction of sp³-hybridized carbons (Fsp3) is 0.381. The Labute approximate surface area is 163 Å².